The lowest BCUT2D eigenvalue weighted by atomic mass is 9.87. The minimum absolute atomic E-state index is 0.0559. The Balaban J connectivity index is 2.35. The van der Waals surface area contributed by atoms with Crippen LogP contribution in [0.2, 0.25) is 0 Å². The van der Waals surface area contributed by atoms with Gasteiger partial charge in [-0.2, -0.15) is 0 Å². The molecule has 2 rings (SSSR count). The van der Waals surface area contributed by atoms with Gasteiger partial charge in [0.15, 0.2) is 0 Å². The monoisotopic (exact) mass is 278 g/mol. The Hall–Kier alpha value is -2.11. The van der Waals surface area contributed by atoms with Crippen molar-refractivity contribution in [2.45, 2.75) is 39.2 Å². The first-order chi connectivity index (χ1) is 9.31. The molecule has 20 heavy (non-hydrogen) atoms. The third-order valence-electron chi connectivity index (χ3n) is 4.03. The lowest BCUT2D eigenvalue weighted by molar-refractivity contribution is -0.384. The van der Waals surface area contributed by atoms with Crippen molar-refractivity contribution in [3.05, 3.63) is 33.9 Å². The van der Waals surface area contributed by atoms with Crippen LogP contribution in [0.5, 0.6) is 0 Å². The van der Waals surface area contributed by atoms with Gasteiger partial charge in [0.1, 0.15) is 0 Å². The number of rotatable bonds is 4. The number of carboxylic acid groups (broad SMARTS) is 1. The van der Waals surface area contributed by atoms with Crippen molar-refractivity contribution < 1.29 is 14.8 Å². The average Bonchev–Trinajstić information content (AvgIpc) is 2.68. The molecule has 1 aromatic rings. The predicted molar refractivity (Wildman–Crippen MR) is 75.1 cm³/mol. The van der Waals surface area contributed by atoms with Crippen LogP contribution in [0.4, 0.5) is 11.4 Å². The molecular weight excluding hydrogens is 260 g/mol. The third kappa shape index (κ3) is 2.74. The molecule has 0 bridgehead atoms. The number of aromatic carboxylic acids is 1. The van der Waals surface area contributed by atoms with Gasteiger partial charge in [-0.1, -0.05) is 20.3 Å². The van der Waals surface area contributed by atoms with Crippen LogP contribution in [0, 0.1) is 15.5 Å². The van der Waals surface area contributed by atoms with Crippen LogP contribution in [0.15, 0.2) is 18.2 Å². The van der Waals surface area contributed by atoms with Crippen LogP contribution in [0.3, 0.4) is 0 Å². The normalized spacial score (nSPS) is 20.6. The molecule has 1 unspecified atom stereocenters. The van der Waals surface area contributed by atoms with Gasteiger partial charge in [-0.3, -0.25) is 10.1 Å². The lowest BCUT2D eigenvalue weighted by Crippen LogP contribution is -2.31. The Morgan fingerprint density at radius 2 is 2.20 bits per heavy atom. The molecular formula is C14H18N2O4. The second-order valence-electron chi connectivity index (χ2n) is 5.87. The van der Waals surface area contributed by atoms with Gasteiger partial charge in [0, 0.05) is 18.2 Å². The van der Waals surface area contributed by atoms with Gasteiger partial charge in [0.05, 0.1) is 16.2 Å². The fourth-order valence-electron chi connectivity index (χ4n) is 2.73. The number of carbonyl (C=O) groups is 1. The molecule has 1 aromatic carbocycles. The summed E-state index contributed by atoms with van der Waals surface area (Å²) >= 11 is 0. The molecule has 6 heteroatoms. The van der Waals surface area contributed by atoms with E-state index in [9.17, 15) is 20.0 Å². The third-order valence-corrected chi connectivity index (χ3v) is 4.03. The summed E-state index contributed by atoms with van der Waals surface area (Å²) in [6.07, 6.45) is 3.07. The molecule has 0 amide bonds. The van der Waals surface area contributed by atoms with Gasteiger partial charge in [-0.15, -0.1) is 0 Å². The minimum atomic E-state index is -1.08. The van der Waals surface area contributed by atoms with Gasteiger partial charge in [0.25, 0.3) is 5.69 Å². The number of hydrogen-bond donors (Lipinski definition) is 2. The van der Waals surface area contributed by atoms with E-state index in [1.165, 1.54) is 18.2 Å². The zero-order chi connectivity index (χ0) is 14.9. The quantitative estimate of drug-likeness (QED) is 0.651. The van der Waals surface area contributed by atoms with Crippen LogP contribution >= 0.6 is 0 Å². The summed E-state index contributed by atoms with van der Waals surface area (Å²) in [6, 6.07) is 3.93. The molecule has 1 saturated carbocycles. The van der Waals surface area contributed by atoms with Crippen LogP contribution in [0.1, 0.15) is 43.5 Å². The van der Waals surface area contributed by atoms with Gasteiger partial charge < -0.3 is 10.4 Å². The summed E-state index contributed by atoms with van der Waals surface area (Å²) in [5, 5.41) is 23.2. The maximum Gasteiger partial charge on any atom is 0.337 e. The Kier molecular flexibility index (Phi) is 3.65. The number of nitrogens with one attached hydrogen (secondary N) is 1. The second-order valence-corrected chi connectivity index (χ2v) is 5.87. The summed E-state index contributed by atoms with van der Waals surface area (Å²) in [4.78, 5) is 21.5. The van der Waals surface area contributed by atoms with E-state index in [-0.39, 0.29) is 22.7 Å². The molecule has 1 aliphatic carbocycles. The largest absolute Gasteiger partial charge is 0.478 e. The van der Waals surface area contributed by atoms with Crippen LogP contribution in [-0.2, 0) is 0 Å². The van der Waals surface area contributed by atoms with Crippen molar-refractivity contribution in [1.29, 1.82) is 0 Å². The Labute approximate surface area is 117 Å². The van der Waals surface area contributed by atoms with E-state index in [0.717, 1.165) is 19.3 Å². The molecule has 0 heterocycles. The first-order valence-electron chi connectivity index (χ1n) is 6.59. The smallest absolute Gasteiger partial charge is 0.337 e. The van der Waals surface area contributed by atoms with Crippen LogP contribution in [0.25, 0.3) is 0 Å². The molecule has 1 atom stereocenters. The van der Waals surface area contributed by atoms with Gasteiger partial charge in [-0.05, 0) is 24.3 Å². The maximum absolute atomic E-state index is 11.2. The molecule has 108 valence electrons. The molecule has 0 aliphatic heterocycles. The summed E-state index contributed by atoms with van der Waals surface area (Å²) < 4.78 is 0. The summed E-state index contributed by atoms with van der Waals surface area (Å²) in [5.74, 6) is -1.08. The van der Waals surface area contributed by atoms with Crippen molar-refractivity contribution in [1.82, 2.24) is 0 Å². The lowest BCUT2D eigenvalue weighted by Gasteiger charge is -2.29. The Morgan fingerprint density at radius 1 is 1.50 bits per heavy atom. The molecule has 0 saturated heterocycles. The van der Waals surface area contributed by atoms with E-state index in [1.54, 1.807) is 0 Å². The zero-order valence-corrected chi connectivity index (χ0v) is 11.5. The molecule has 1 fully saturated rings. The molecule has 0 aromatic heterocycles. The summed E-state index contributed by atoms with van der Waals surface area (Å²) in [7, 11) is 0. The van der Waals surface area contributed by atoms with Crippen molar-refractivity contribution >= 4 is 17.3 Å². The maximum atomic E-state index is 11.2. The van der Waals surface area contributed by atoms with Gasteiger partial charge in [-0.25, -0.2) is 4.79 Å². The highest BCUT2D eigenvalue weighted by atomic mass is 16.6. The fourth-order valence-corrected chi connectivity index (χ4v) is 2.73. The number of nitro benzene ring substituents is 1. The number of hydrogen-bond acceptors (Lipinski definition) is 4. The predicted octanol–water partition coefficient (Wildman–Crippen LogP) is 3.28. The minimum Gasteiger partial charge on any atom is -0.478 e. The molecule has 6 nitrogen and oxygen atoms in total. The number of anilines is 1. The first kappa shape index (κ1) is 14.3. The standard InChI is InChI=1S/C14H18N2O4/c1-14(2)7-3-4-12(14)15-11-8-9(16(19)20)5-6-10(11)13(17)18/h5-6,8,12,15H,3-4,7H2,1-2H3,(H,17,18). The number of nitrogens with zero attached hydrogens (tertiary/aromatic N) is 1. The number of carboxylic acids is 1. The molecule has 0 radical (unpaired) electrons. The molecule has 0 spiro atoms. The first-order valence-corrected chi connectivity index (χ1v) is 6.59. The van der Waals surface area contributed by atoms with Crippen molar-refractivity contribution in [3.63, 3.8) is 0 Å². The summed E-state index contributed by atoms with van der Waals surface area (Å²) in [6.45, 7) is 4.24. The highest BCUT2D eigenvalue weighted by Crippen LogP contribution is 2.39. The van der Waals surface area contributed by atoms with E-state index >= 15 is 0 Å². The zero-order valence-electron chi connectivity index (χ0n) is 11.5. The van der Waals surface area contributed by atoms with Gasteiger partial charge >= 0.3 is 5.97 Å². The van der Waals surface area contributed by atoms with E-state index in [4.69, 9.17) is 0 Å². The van der Waals surface area contributed by atoms with E-state index in [0.29, 0.717) is 5.69 Å². The number of benzene rings is 1. The number of nitro groups is 1. The van der Waals surface area contributed by atoms with Crippen molar-refractivity contribution in [2.24, 2.45) is 5.41 Å². The highest BCUT2D eigenvalue weighted by molar-refractivity contribution is 5.94. The average molecular weight is 278 g/mol. The van der Waals surface area contributed by atoms with Crippen LogP contribution < -0.4 is 5.32 Å². The SMILES string of the molecule is CC1(C)CCCC1Nc1cc([N+](=O)[O-])ccc1C(=O)O. The Bertz CT molecular complexity index is 554. The van der Waals surface area contributed by atoms with E-state index in [1.807, 2.05) is 0 Å². The summed E-state index contributed by atoms with van der Waals surface area (Å²) in [5.41, 5.74) is 0.346. The fraction of sp³-hybridized carbons (Fsp3) is 0.500. The van der Waals surface area contributed by atoms with Crippen molar-refractivity contribution in [2.75, 3.05) is 5.32 Å². The molecule has 2 N–H and O–H groups in total. The second kappa shape index (κ2) is 5.11. The topological polar surface area (TPSA) is 92.5 Å². The number of non-ortho nitro benzene ring substituents is 1. The van der Waals surface area contributed by atoms with Gasteiger partial charge in [0.2, 0.25) is 0 Å². The van der Waals surface area contributed by atoms with E-state index < -0.39 is 10.9 Å². The molecule has 1 aliphatic rings. The van der Waals surface area contributed by atoms with E-state index in [2.05, 4.69) is 19.2 Å². The highest BCUT2D eigenvalue weighted by Gasteiger charge is 2.35. The van der Waals surface area contributed by atoms with Crippen molar-refractivity contribution in [3.8, 4) is 0 Å². The Morgan fingerprint density at radius 3 is 2.70 bits per heavy atom. The van der Waals surface area contributed by atoms with Crippen LogP contribution in [-0.4, -0.2) is 22.0 Å².